The summed E-state index contributed by atoms with van der Waals surface area (Å²) in [6.07, 6.45) is 4.23. The summed E-state index contributed by atoms with van der Waals surface area (Å²) in [7, 11) is 1.61. The number of nitrogens with zero attached hydrogens (tertiary/aromatic N) is 3. The first-order valence-electron chi connectivity index (χ1n) is 6.78. The molecule has 0 aromatic carbocycles. The van der Waals surface area contributed by atoms with Gasteiger partial charge in [-0.05, 0) is 0 Å². The Bertz CT molecular complexity index is 691. The standard InChI is InChI=1S/C14H15FN4O2S/c1-21-10-4-9(6-16-7-10)19-3-2-11-12(8-19)22-14(17-11)18-13(20)5-15/h4,6-7H,2-3,5,8H2,1H3,(H,17,18,20). The summed E-state index contributed by atoms with van der Waals surface area (Å²) in [5.74, 6) is 0.0449. The lowest BCUT2D eigenvalue weighted by molar-refractivity contribution is -0.117. The lowest BCUT2D eigenvalue weighted by Crippen LogP contribution is -2.29. The highest BCUT2D eigenvalue weighted by molar-refractivity contribution is 7.15. The Morgan fingerprint density at radius 2 is 2.41 bits per heavy atom. The number of ether oxygens (including phenoxy) is 1. The first-order chi connectivity index (χ1) is 10.7. The molecule has 1 amide bonds. The number of pyridine rings is 1. The molecule has 116 valence electrons. The van der Waals surface area contributed by atoms with Crippen molar-refractivity contribution in [3.8, 4) is 5.75 Å². The maximum Gasteiger partial charge on any atom is 0.257 e. The molecule has 3 heterocycles. The summed E-state index contributed by atoms with van der Waals surface area (Å²) in [6.45, 7) is 0.460. The van der Waals surface area contributed by atoms with Crippen LogP contribution in [0.3, 0.4) is 0 Å². The summed E-state index contributed by atoms with van der Waals surface area (Å²) in [4.78, 5) is 22.9. The number of anilines is 2. The minimum Gasteiger partial charge on any atom is -0.495 e. The van der Waals surface area contributed by atoms with Crippen LogP contribution in [0.15, 0.2) is 18.5 Å². The predicted molar refractivity (Wildman–Crippen MR) is 82.3 cm³/mol. The van der Waals surface area contributed by atoms with Gasteiger partial charge in [0.25, 0.3) is 5.91 Å². The Kier molecular flexibility index (Phi) is 4.19. The van der Waals surface area contributed by atoms with Crippen molar-refractivity contribution in [1.82, 2.24) is 9.97 Å². The minimum atomic E-state index is -1.04. The average molecular weight is 322 g/mol. The smallest absolute Gasteiger partial charge is 0.257 e. The van der Waals surface area contributed by atoms with Crippen molar-refractivity contribution in [2.45, 2.75) is 13.0 Å². The molecule has 6 nitrogen and oxygen atoms in total. The van der Waals surface area contributed by atoms with E-state index in [4.69, 9.17) is 4.74 Å². The highest BCUT2D eigenvalue weighted by Crippen LogP contribution is 2.31. The molecular weight excluding hydrogens is 307 g/mol. The van der Waals surface area contributed by atoms with E-state index >= 15 is 0 Å². The van der Waals surface area contributed by atoms with Crippen LogP contribution in [-0.2, 0) is 17.8 Å². The van der Waals surface area contributed by atoms with Crippen LogP contribution in [0.2, 0.25) is 0 Å². The van der Waals surface area contributed by atoms with Gasteiger partial charge in [0.1, 0.15) is 5.75 Å². The number of carbonyl (C=O) groups excluding carboxylic acids is 1. The van der Waals surface area contributed by atoms with Crippen LogP contribution in [0.1, 0.15) is 10.6 Å². The molecule has 1 N–H and O–H groups in total. The minimum absolute atomic E-state index is 0.457. The Balaban J connectivity index is 1.77. The third kappa shape index (κ3) is 3.01. The van der Waals surface area contributed by atoms with Crippen molar-refractivity contribution in [1.29, 1.82) is 0 Å². The Labute approximate surface area is 131 Å². The van der Waals surface area contributed by atoms with E-state index in [2.05, 4.69) is 20.2 Å². The van der Waals surface area contributed by atoms with Gasteiger partial charge in [0.2, 0.25) is 0 Å². The van der Waals surface area contributed by atoms with Crippen LogP contribution >= 0.6 is 11.3 Å². The summed E-state index contributed by atoms with van der Waals surface area (Å²) in [6, 6.07) is 1.94. The molecule has 2 aromatic heterocycles. The van der Waals surface area contributed by atoms with Crippen molar-refractivity contribution < 1.29 is 13.9 Å². The number of methoxy groups -OCH3 is 1. The van der Waals surface area contributed by atoms with Gasteiger partial charge in [0.05, 0.1) is 37.4 Å². The molecular formula is C14H15FN4O2S. The molecule has 2 aromatic rings. The summed E-state index contributed by atoms with van der Waals surface area (Å²) < 4.78 is 17.4. The summed E-state index contributed by atoms with van der Waals surface area (Å²) in [5.41, 5.74) is 1.94. The normalized spacial score (nSPS) is 13.6. The van der Waals surface area contributed by atoms with Gasteiger partial charge >= 0.3 is 0 Å². The van der Waals surface area contributed by atoms with Gasteiger partial charge in [-0.25, -0.2) is 9.37 Å². The molecule has 1 aliphatic rings. The van der Waals surface area contributed by atoms with E-state index < -0.39 is 12.6 Å². The topological polar surface area (TPSA) is 67.3 Å². The third-order valence-electron chi connectivity index (χ3n) is 3.40. The fourth-order valence-corrected chi connectivity index (χ4v) is 3.35. The van der Waals surface area contributed by atoms with Crippen molar-refractivity contribution >= 4 is 28.1 Å². The van der Waals surface area contributed by atoms with E-state index in [1.54, 1.807) is 19.5 Å². The van der Waals surface area contributed by atoms with Crippen molar-refractivity contribution in [2.24, 2.45) is 0 Å². The van der Waals surface area contributed by atoms with Gasteiger partial charge in [-0.2, -0.15) is 0 Å². The quantitative estimate of drug-likeness (QED) is 0.933. The van der Waals surface area contributed by atoms with Crippen LogP contribution in [0.5, 0.6) is 5.75 Å². The number of rotatable bonds is 4. The fraction of sp³-hybridized carbons (Fsp3) is 0.357. The average Bonchev–Trinajstić information content (AvgIpc) is 2.95. The number of halogens is 1. The van der Waals surface area contributed by atoms with E-state index in [0.29, 0.717) is 17.4 Å². The predicted octanol–water partition coefficient (Wildman–Crippen LogP) is 2.02. The van der Waals surface area contributed by atoms with Gasteiger partial charge in [-0.3, -0.25) is 15.1 Å². The summed E-state index contributed by atoms with van der Waals surface area (Å²) in [5, 5.41) is 2.92. The van der Waals surface area contributed by atoms with Crippen LogP contribution in [0.25, 0.3) is 0 Å². The van der Waals surface area contributed by atoms with Crippen LogP contribution in [-0.4, -0.2) is 36.2 Å². The molecule has 3 rings (SSSR count). The lowest BCUT2D eigenvalue weighted by Gasteiger charge is -2.27. The zero-order chi connectivity index (χ0) is 15.5. The van der Waals surface area contributed by atoms with E-state index in [1.807, 2.05) is 6.07 Å². The van der Waals surface area contributed by atoms with Crippen LogP contribution in [0, 0.1) is 0 Å². The number of carbonyl (C=O) groups is 1. The number of aromatic nitrogens is 2. The molecule has 0 saturated heterocycles. The second kappa shape index (κ2) is 6.27. The first-order valence-corrected chi connectivity index (χ1v) is 7.59. The number of hydrogen-bond acceptors (Lipinski definition) is 6. The van der Waals surface area contributed by atoms with Gasteiger partial charge in [-0.15, -0.1) is 0 Å². The summed E-state index contributed by atoms with van der Waals surface area (Å²) >= 11 is 1.38. The second-order valence-electron chi connectivity index (χ2n) is 4.83. The number of amides is 1. The Morgan fingerprint density at radius 3 is 3.18 bits per heavy atom. The third-order valence-corrected chi connectivity index (χ3v) is 4.40. The maximum absolute atomic E-state index is 12.2. The van der Waals surface area contributed by atoms with Gasteiger partial charge in [0, 0.05) is 23.9 Å². The maximum atomic E-state index is 12.2. The molecule has 0 fully saturated rings. The van der Waals surface area contributed by atoms with Crippen molar-refractivity contribution in [3.63, 3.8) is 0 Å². The molecule has 0 radical (unpaired) electrons. The number of thiazole rings is 1. The Hall–Kier alpha value is -2.22. The van der Waals surface area contributed by atoms with Gasteiger partial charge in [0.15, 0.2) is 11.8 Å². The molecule has 0 aliphatic carbocycles. The van der Waals surface area contributed by atoms with E-state index in [1.165, 1.54) is 11.3 Å². The van der Waals surface area contributed by atoms with Crippen molar-refractivity contribution in [3.05, 3.63) is 29.0 Å². The molecule has 22 heavy (non-hydrogen) atoms. The SMILES string of the molecule is COc1cncc(N2CCc3nc(NC(=O)CF)sc3C2)c1. The van der Waals surface area contributed by atoms with Crippen LogP contribution in [0.4, 0.5) is 15.2 Å². The van der Waals surface area contributed by atoms with Gasteiger partial charge < -0.3 is 9.64 Å². The highest BCUT2D eigenvalue weighted by Gasteiger charge is 2.22. The van der Waals surface area contributed by atoms with E-state index in [9.17, 15) is 9.18 Å². The van der Waals surface area contributed by atoms with Crippen molar-refractivity contribution in [2.75, 3.05) is 30.5 Å². The Morgan fingerprint density at radius 1 is 1.55 bits per heavy atom. The van der Waals surface area contributed by atoms with E-state index in [-0.39, 0.29) is 0 Å². The molecule has 8 heteroatoms. The monoisotopic (exact) mass is 322 g/mol. The van der Waals surface area contributed by atoms with E-state index in [0.717, 1.165) is 29.2 Å². The molecule has 0 bridgehead atoms. The molecule has 1 aliphatic heterocycles. The number of alkyl halides is 1. The number of fused-ring (bicyclic) bond motifs is 1. The molecule has 0 unspecified atom stereocenters. The molecule has 0 saturated carbocycles. The lowest BCUT2D eigenvalue weighted by atomic mass is 10.1. The van der Waals surface area contributed by atoms with Crippen LogP contribution < -0.4 is 15.0 Å². The molecule has 0 atom stereocenters. The number of hydrogen-bond donors (Lipinski definition) is 1. The molecule has 0 spiro atoms. The number of nitrogens with one attached hydrogen (secondary N) is 1. The zero-order valence-corrected chi connectivity index (χ0v) is 12.8. The largest absolute Gasteiger partial charge is 0.495 e. The van der Waals surface area contributed by atoms with Gasteiger partial charge in [-0.1, -0.05) is 11.3 Å². The first kappa shape index (κ1) is 14.7. The fourth-order valence-electron chi connectivity index (χ4n) is 2.31. The zero-order valence-electron chi connectivity index (χ0n) is 12.0. The second-order valence-corrected chi connectivity index (χ2v) is 5.91. The highest BCUT2D eigenvalue weighted by atomic mass is 32.1.